The van der Waals surface area contributed by atoms with E-state index in [9.17, 15) is 27.9 Å². The van der Waals surface area contributed by atoms with E-state index in [4.69, 9.17) is 10.00 Å². The quantitative estimate of drug-likeness (QED) is 0.492. The van der Waals surface area contributed by atoms with E-state index in [2.05, 4.69) is 6.07 Å². The van der Waals surface area contributed by atoms with Crippen LogP contribution in [0.3, 0.4) is 0 Å². The third kappa shape index (κ3) is 7.28. The van der Waals surface area contributed by atoms with Gasteiger partial charge >= 0.3 is 12.2 Å². The van der Waals surface area contributed by atoms with Crippen molar-refractivity contribution in [3.8, 4) is 6.07 Å². The maximum atomic E-state index is 14.0. The van der Waals surface area contributed by atoms with Crippen LogP contribution < -0.4 is 4.31 Å². The van der Waals surface area contributed by atoms with Crippen molar-refractivity contribution in [3.05, 3.63) is 64.7 Å². The molecule has 2 saturated heterocycles. The molecule has 2 fully saturated rings. The normalized spacial score (nSPS) is 16.8. The van der Waals surface area contributed by atoms with Crippen molar-refractivity contribution in [2.24, 2.45) is 0 Å². The van der Waals surface area contributed by atoms with Gasteiger partial charge in [-0.15, -0.1) is 0 Å². The fraction of sp³-hybridized carbons (Fsp3) is 0.484. The van der Waals surface area contributed by atoms with Gasteiger partial charge in [-0.3, -0.25) is 4.79 Å². The molecular weight excluding hydrogens is 572 g/mol. The first kappa shape index (κ1) is 31.8. The molecule has 0 atom stereocenters. The Morgan fingerprint density at radius 2 is 1.53 bits per heavy atom. The molecule has 2 heterocycles. The number of aryl methyl sites for hydroxylation is 1. The molecule has 0 aliphatic carbocycles. The summed E-state index contributed by atoms with van der Waals surface area (Å²) in [5.74, 6) is -0.0125. The monoisotopic (exact) mass is 610 g/mol. The minimum Gasteiger partial charge on any atom is -0.465 e. The van der Waals surface area contributed by atoms with Crippen molar-refractivity contribution in [1.82, 2.24) is 9.80 Å². The maximum Gasteiger partial charge on any atom is 0.428 e. The summed E-state index contributed by atoms with van der Waals surface area (Å²) in [5, 5.41) is 17.3. The molecule has 2 aromatic carbocycles. The summed E-state index contributed by atoms with van der Waals surface area (Å²) < 4.78 is 34.1. The third-order valence-electron chi connectivity index (χ3n) is 7.92. The van der Waals surface area contributed by atoms with Crippen molar-refractivity contribution in [2.45, 2.75) is 70.1 Å². The molecule has 0 bridgehead atoms. The highest BCUT2D eigenvalue weighted by Gasteiger charge is 2.42. The van der Waals surface area contributed by atoms with Crippen LogP contribution in [0.25, 0.3) is 0 Å². The second-order valence-electron chi connectivity index (χ2n) is 12.1. The Morgan fingerprint density at radius 3 is 2.07 bits per heavy atom. The fourth-order valence-electron chi connectivity index (χ4n) is 5.53. The third-order valence-corrected chi connectivity index (χ3v) is 10.1. The number of carbonyl (C=O) groups excluding carboxylic acids is 2. The molecule has 2 aliphatic heterocycles. The molecule has 2 aromatic rings. The number of ether oxygens (including phenoxy) is 1. The van der Waals surface area contributed by atoms with Crippen LogP contribution in [0.2, 0.25) is 0 Å². The van der Waals surface area contributed by atoms with Crippen LogP contribution in [0, 0.1) is 18.3 Å². The van der Waals surface area contributed by atoms with Gasteiger partial charge in [-0.2, -0.15) is 9.57 Å². The predicted octanol–water partition coefficient (Wildman–Crippen LogP) is 5.10. The lowest BCUT2D eigenvalue weighted by atomic mass is 9.89. The Balaban J connectivity index is 1.58. The summed E-state index contributed by atoms with van der Waals surface area (Å²) in [7, 11) is -4.34. The van der Waals surface area contributed by atoms with Crippen molar-refractivity contribution in [2.75, 3.05) is 30.5 Å². The highest BCUT2D eigenvalue weighted by molar-refractivity contribution is 7.94. The van der Waals surface area contributed by atoms with E-state index in [1.807, 2.05) is 12.1 Å². The first-order valence-corrected chi connectivity index (χ1v) is 15.9. The van der Waals surface area contributed by atoms with Crippen molar-refractivity contribution in [1.29, 1.82) is 5.26 Å². The van der Waals surface area contributed by atoms with E-state index in [1.54, 1.807) is 56.9 Å². The Hall–Kier alpha value is -4.11. The number of anilines is 1. The van der Waals surface area contributed by atoms with E-state index in [0.717, 1.165) is 23.3 Å². The minimum absolute atomic E-state index is 0.0251. The van der Waals surface area contributed by atoms with Crippen LogP contribution in [0.4, 0.5) is 15.3 Å². The number of nitrogens with zero attached hydrogens (tertiary/aromatic N) is 4. The molecule has 12 heteroatoms. The zero-order chi connectivity index (χ0) is 31.5. The number of carboxylic acid groups (broad SMARTS) is 1. The van der Waals surface area contributed by atoms with E-state index < -0.39 is 33.1 Å². The standard InChI is InChI=1S/C31H38N4O7S/c1-21-5-8-25(28(36)33-15-11-24(12-16-33)23-9-6-22(20-32)7-10-23)19-27(21)35(30(39)42-31(2,3)4)43(40,41)26-13-17-34(18-14-26)29(37)38/h5-10,19,24,26H,11-18H2,1-4H3,(H,37,38). The molecule has 0 radical (unpaired) electrons. The summed E-state index contributed by atoms with van der Waals surface area (Å²) in [6.07, 6.45) is -0.667. The first-order valence-electron chi connectivity index (χ1n) is 14.4. The second-order valence-corrected chi connectivity index (χ2v) is 14.1. The second kappa shape index (κ2) is 12.6. The number of sulfonamides is 1. The fourth-order valence-corrected chi connectivity index (χ4v) is 7.35. The van der Waals surface area contributed by atoms with E-state index in [1.165, 1.54) is 6.07 Å². The largest absolute Gasteiger partial charge is 0.465 e. The summed E-state index contributed by atoms with van der Waals surface area (Å²) in [6.45, 7) is 7.62. The number of piperidine rings is 2. The lowest BCUT2D eigenvalue weighted by Crippen LogP contribution is -2.50. The summed E-state index contributed by atoms with van der Waals surface area (Å²) in [4.78, 5) is 41.3. The summed E-state index contributed by atoms with van der Waals surface area (Å²) in [5.41, 5.74) is 1.48. The zero-order valence-corrected chi connectivity index (χ0v) is 25.8. The van der Waals surface area contributed by atoms with Gasteiger partial charge in [0.1, 0.15) is 5.60 Å². The number of rotatable bonds is 5. The molecule has 4 rings (SSSR count). The molecule has 3 amide bonds. The minimum atomic E-state index is -4.34. The number of hydrogen-bond donors (Lipinski definition) is 1. The van der Waals surface area contributed by atoms with Crippen LogP contribution in [0.1, 0.15) is 79.4 Å². The number of benzene rings is 2. The Bertz CT molecular complexity index is 1510. The van der Waals surface area contributed by atoms with E-state index in [-0.39, 0.29) is 49.0 Å². The first-order chi connectivity index (χ1) is 20.2. The van der Waals surface area contributed by atoms with Crippen molar-refractivity contribution in [3.63, 3.8) is 0 Å². The number of amides is 3. The van der Waals surface area contributed by atoms with Gasteiger partial charge in [-0.25, -0.2) is 18.0 Å². The predicted molar refractivity (Wildman–Crippen MR) is 160 cm³/mol. The van der Waals surface area contributed by atoms with E-state index in [0.29, 0.717) is 28.5 Å². The average Bonchev–Trinajstić information content (AvgIpc) is 2.97. The van der Waals surface area contributed by atoms with Gasteiger partial charge in [0.05, 0.1) is 22.6 Å². The Labute approximate surface area is 252 Å². The van der Waals surface area contributed by atoms with Gasteiger partial charge in [0.15, 0.2) is 0 Å². The number of hydrogen-bond acceptors (Lipinski definition) is 7. The molecule has 1 N–H and O–H groups in total. The molecule has 2 aliphatic rings. The molecule has 43 heavy (non-hydrogen) atoms. The van der Waals surface area contributed by atoms with Gasteiger partial charge in [-0.05, 0) is 94.7 Å². The highest BCUT2D eigenvalue weighted by Crippen LogP contribution is 2.33. The van der Waals surface area contributed by atoms with Gasteiger partial charge in [0.2, 0.25) is 10.0 Å². The average molecular weight is 611 g/mol. The Morgan fingerprint density at radius 1 is 0.953 bits per heavy atom. The Kier molecular flexibility index (Phi) is 9.35. The summed E-state index contributed by atoms with van der Waals surface area (Å²) in [6, 6.07) is 14.3. The van der Waals surface area contributed by atoms with Crippen LogP contribution in [-0.4, -0.2) is 78.4 Å². The molecule has 0 aromatic heterocycles. The lowest BCUT2D eigenvalue weighted by Gasteiger charge is -2.35. The molecule has 230 valence electrons. The zero-order valence-electron chi connectivity index (χ0n) is 24.9. The molecule has 0 spiro atoms. The topological polar surface area (TPSA) is 148 Å². The molecule has 0 unspecified atom stereocenters. The highest BCUT2D eigenvalue weighted by atomic mass is 32.2. The SMILES string of the molecule is Cc1ccc(C(=O)N2CCC(c3ccc(C#N)cc3)CC2)cc1N(C(=O)OC(C)(C)C)S(=O)(=O)C1CCN(C(=O)O)CC1. The number of carbonyl (C=O) groups is 3. The number of likely N-dealkylation sites (tertiary alicyclic amines) is 2. The van der Waals surface area contributed by atoms with Crippen molar-refractivity contribution < 1.29 is 32.6 Å². The van der Waals surface area contributed by atoms with Crippen molar-refractivity contribution >= 4 is 33.8 Å². The van der Waals surface area contributed by atoms with Gasteiger partial charge in [0, 0.05) is 31.7 Å². The van der Waals surface area contributed by atoms with E-state index >= 15 is 0 Å². The number of nitriles is 1. The van der Waals surface area contributed by atoms with Crippen LogP contribution in [0.15, 0.2) is 42.5 Å². The summed E-state index contributed by atoms with van der Waals surface area (Å²) >= 11 is 0. The van der Waals surface area contributed by atoms with Gasteiger partial charge in [-0.1, -0.05) is 18.2 Å². The van der Waals surface area contributed by atoms with Crippen LogP contribution in [-0.2, 0) is 14.8 Å². The maximum absolute atomic E-state index is 14.0. The molecule has 11 nitrogen and oxygen atoms in total. The molecule has 0 saturated carbocycles. The van der Waals surface area contributed by atoms with Crippen LogP contribution in [0.5, 0.6) is 0 Å². The van der Waals surface area contributed by atoms with Gasteiger partial charge in [0.25, 0.3) is 5.91 Å². The van der Waals surface area contributed by atoms with Crippen LogP contribution >= 0.6 is 0 Å². The smallest absolute Gasteiger partial charge is 0.428 e. The van der Waals surface area contributed by atoms with Gasteiger partial charge < -0.3 is 19.6 Å². The lowest BCUT2D eigenvalue weighted by molar-refractivity contribution is 0.0606. The molecular formula is C31H38N4O7S.